The lowest BCUT2D eigenvalue weighted by molar-refractivity contribution is 0.0736. The van der Waals surface area contributed by atoms with Gasteiger partial charge >= 0.3 is 0 Å². The van der Waals surface area contributed by atoms with Crippen molar-refractivity contribution in [1.29, 1.82) is 0 Å². The first-order valence-corrected chi connectivity index (χ1v) is 7.73. The van der Waals surface area contributed by atoms with Crippen LogP contribution in [0.15, 0.2) is 30.5 Å². The molecule has 1 amide bonds. The summed E-state index contributed by atoms with van der Waals surface area (Å²) in [5.41, 5.74) is 2.97. The normalized spacial score (nSPS) is 15.2. The molecule has 0 saturated carbocycles. The lowest BCUT2D eigenvalue weighted by atomic mass is 10.1. The number of carbonyl (C=O) groups is 1. The lowest BCUT2D eigenvalue weighted by Crippen LogP contribution is -2.49. The third kappa shape index (κ3) is 2.68. The van der Waals surface area contributed by atoms with E-state index >= 15 is 0 Å². The SMILES string of the molecule is Cc1ccccc1N1CCN(C(=O)c2c(Cl)cnn2C)CC1. The Morgan fingerprint density at radius 3 is 2.45 bits per heavy atom. The molecule has 0 radical (unpaired) electrons. The predicted molar refractivity (Wildman–Crippen MR) is 87.5 cm³/mol. The van der Waals surface area contributed by atoms with Crippen molar-refractivity contribution < 1.29 is 4.79 Å². The van der Waals surface area contributed by atoms with Crippen molar-refractivity contribution in [2.24, 2.45) is 7.05 Å². The Morgan fingerprint density at radius 2 is 1.86 bits per heavy atom. The van der Waals surface area contributed by atoms with Gasteiger partial charge in [-0.1, -0.05) is 29.8 Å². The maximum Gasteiger partial charge on any atom is 0.273 e. The highest BCUT2D eigenvalue weighted by Crippen LogP contribution is 2.22. The summed E-state index contributed by atoms with van der Waals surface area (Å²) in [4.78, 5) is 16.7. The van der Waals surface area contributed by atoms with Crippen LogP contribution in [0.4, 0.5) is 5.69 Å². The number of para-hydroxylation sites is 1. The van der Waals surface area contributed by atoms with E-state index in [1.165, 1.54) is 17.4 Å². The first kappa shape index (κ1) is 14.9. The molecule has 0 N–H and O–H groups in total. The number of amides is 1. The summed E-state index contributed by atoms with van der Waals surface area (Å²) in [6.07, 6.45) is 1.51. The number of carbonyl (C=O) groups excluding carboxylic acids is 1. The van der Waals surface area contributed by atoms with Crippen molar-refractivity contribution in [3.05, 3.63) is 46.7 Å². The van der Waals surface area contributed by atoms with Crippen LogP contribution in [-0.4, -0.2) is 46.8 Å². The molecule has 3 rings (SSSR count). The molecule has 0 aliphatic carbocycles. The number of aromatic nitrogens is 2. The fraction of sp³-hybridized carbons (Fsp3) is 0.375. The molecule has 0 unspecified atom stereocenters. The van der Waals surface area contributed by atoms with Crippen molar-refractivity contribution in [1.82, 2.24) is 14.7 Å². The van der Waals surface area contributed by atoms with E-state index in [2.05, 4.69) is 35.1 Å². The molecular weight excluding hydrogens is 300 g/mol. The highest BCUT2D eigenvalue weighted by molar-refractivity contribution is 6.33. The van der Waals surface area contributed by atoms with Crippen LogP contribution in [0, 0.1) is 6.92 Å². The maximum absolute atomic E-state index is 12.6. The molecule has 1 saturated heterocycles. The molecule has 1 aromatic heterocycles. The molecule has 116 valence electrons. The van der Waals surface area contributed by atoms with E-state index in [1.807, 2.05) is 11.0 Å². The molecule has 1 aromatic carbocycles. The van der Waals surface area contributed by atoms with Gasteiger partial charge in [0.1, 0.15) is 5.69 Å². The first-order chi connectivity index (χ1) is 10.6. The molecule has 0 bridgehead atoms. The van der Waals surface area contributed by atoms with E-state index in [9.17, 15) is 4.79 Å². The molecular formula is C16H19ClN4O. The van der Waals surface area contributed by atoms with Gasteiger partial charge in [-0.15, -0.1) is 0 Å². The summed E-state index contributed by atoms with van der Waals surface area (Å²) < 4.78 is 1.54. The average molecular weight is 319 g/mol. The molecule has 6 heteroatoms. The van der Waals surface area contributed by atoms with Crippen LogP contribution in [0.2, 0.25) is 5.02 Å². The molecule has 1 aliphatic heterocycles. The zero-order chi connectivity index (χ0) is 15.7. The number of rotatable bonds is 2. The smallest absolute Gasteiger partial charge is 0.273 e. The summed E-state index contributed by atoms with van der Waals surface area (Å²) in [5.74, 6) is -0.0468. The third-order valence-electron chi connectivity index (χ3n) is 4.12. The number of aryl methyl sites for hydroxylation is 2. The first-order valence-electron chi connectivity index (χ1n) is 7.35. The van der Waals surface area contributed by atoms with Crippen LogP contribution < -0.4 is 4.90 Å². The Kier molecular flexibility index (Phi) is 4.07. The Hall–Kier alpha value is -2.01. The Balaban J connectivity index is 1.70. The number of halogens is 1. The van der Waals surface area contributed by atoms with E-state index in [1.54, 1.807) is 11.7 Å². The van der Waals surface area contributed by atoms with Crippen molar-refractivity contribution >= 4 is 23.2 Å². The molecule has 0 spiro atoms. The minimum absolute atomic E-state index is 0.0468. The fourth-order valence-corrected chi connectivity index (χ4v) is 3.12. The largest absolute Gasteiger partial charge is 0.368 e. The minimum Gasteiger partial charge on any atom is -0.368 e. The van der Waals surface area contributed by atoms with Crippen LogP contribution in [0.1, 0.15) is 16.1 Å². The third-order valence-corrected chi connectivity index (χ3v) is 4.40. The van der Waals surface area contributed by atoms with E-state index < -0.39 is 0 Å². The molecule has 5 nitrogen and oxygen atoms in total. The molecule has 22 heavy (non-hydrogen) atoms. The number of hydrogen-bond acceptors (Lipinski definition) is 3. The second kappa shape index (κ2) is 6.01. The molecule has 2 aromatic rings. The standard InChI is InChI=1S/C16H19ClN4O/c1-12-5-3-4-6-14(12)20-7-9-21(10-8-20)16(22)15-13(17)11-18-19(15)2/h3-6,11H,7-10H2,1-2H3. The molecule has 1 aliphatic rings. The van der Waals surface area contributed by atoms with Crippen LogP contribution in [0.5, 0.6) is 0 Å². The van der Waals surface area contributed by atoms with Crippen LogP contribution in [-0.2, 0) is 7.05 Å². The van der Waals surface area contributed by atoms with E-state index in [4.69, 9.17) is 11.6 Å². The van der Waals surface area contributed by atoms with Gasteiger partial charge in [0.2, 0.25) is 0 Å². The van der Waals surface area contributed by atoms with Crippen molar-refractivity contribution in [3.8, 4) is 0 Å². The van der Waals surface area contributed by atoms with E-state index in [0.717, 1.165) is 13.1 Å². The lowest BCUT2D eigenvalue weighted by Gasteiger charge is -2.36. The zero-order valence-corrected chi connectivity index (χ0v) is 13.5. The topological polar surface area (TPSA) is 41.4 Å². The number of anilines is 1. The number of benzene rings is 1. The molecule has 0 atom stereocenters. The maximum atomic E-state index is 12.6. The van der Waals surface area contributed by atoms with Gasteiger partial charge in [-0.05, 0) is 18.6 Å². The fourth-order valence-electron chi connectivity index (χ4n) is 2.87. The predicted octanol–water partition coefficient (Wildman–Crippen LogP) is 2.34. The van der Waals surface area contributed by atoms with Gasteiger partial charge in [-0.25, -0.2) is 0 Å². The quantitative estimate of drug-likeness (QED) is 0.853. The van der Waals surface area contributed by atoms with Crippen LogP contribution in [0.3, 0.4) is 0 Å². The van der Waals surface area contributed by atoms with Gasteiger partial charge in [0.15, 0.2) is 0 Å². The minimum atomic E-state index is -0.0468. The monoisotopic (exact) mass is 318 g/mol. The van der Waals surface area contributed by atoms with Gasteiger partial charge in [-0.3, -0.25) is 9.48 Å². The van der Waals surface area contributed by atoms with Gasteiger partial charge in [0.25, 0.3) is 5.91 Å². The number of piperazine rings is 1. The Labute approximate surface area is 135 Å². The van der Waals surface area contributed by atoms with Gasteiger partial charge in [0.05, 0.1) is 11.2 Å². The van der Waals surface area contributed by atoms with E-state index in [0.29, 0.717) is 23.8 Å². The summed E-state index contributed by atoms with van der Waals surface area (Å²) >= 11 is 6.06. The Morgan fingerprint density at radius 1 is 1.18 bits per heavy atom. The van der Waals surface area contributed by atoms with E-state index in [-0.39, 0.29) is 5.91 Å². The number of hydrogen-bond donors (Lipinski definition) is 0. The number of nitrogens with zero attached hydrogens (tertiary/aromatic N) is 4. The van der Waals surface area contributed by atoms with Gasteiger partial charge in [-0.2, -0.15) is 5.10 Å². The summed E-state index contributed by atoms with van der Waals surface area (Å²) in [6, 6.07) is 8.34. The van der Waals surface area contributed by atoms with Gasteiger partial charge < -0.3 is 9.80 Å². The molecule has 2 heterocycles. The zero-order valence-electron chi connectivity index (χ0n) is 12.8. The second-order valence-corrected chi connectivity index (χ2v) is 5.94. The van der Waals surface area contributed by atoms with Crippen molar-refractivity contribution in [2.75, 3.05) is 31.1 Å². The highest BCUT2D eigenvalue weighted by Gasteiger charge is 2.26. The average Bonchev–Trinajstić information content (AvgIpc) is 2.86. The summed E-state index contributed by atoms with van der Waals surface area (Å²) in [7, 11) is 1.74. The second-order valence-electron chi connectivity index (χ2n) is 5.53. The van der Waals surface area contributed by atoms with Crippen molar-refractivity contribution in [3.63, 3.8) is 0 Å². The molecule has 1 fully saturated rings. The summed E-state index contributed by atoms with van der Waals surface area (Å²) in [6.45, 7) is 5.14. The highest BCUT2D eigenvalue weighted by atomic mass is 35.5. The summed E-state index contributed by atoms with van der Waals surface area (Å²) in [5, 5.41) is 4.44. The van der Waals surface area contributed by atoms with Crippen LogP contribution in [0.25, 0.3) is 0 Å². The van der Waals surface area contributed by atoms with Crippen LogP contribution >= 0.6 is 11.6 Å². The van der Waals surface area contributed by atoms with Gasteiger partial charge in [0, 0.05) is 38.9 Å². The van der Waals surface area contributed by atoms with Crippen molar-refractivity contribution in [2.45, 2.75) is 6.92 Å². The Bertz CT molecular complexity index is 670.